The van der Waals surface area contributed by atoms with Gasteiger partial charge in [-0.05, 0) is 30.7 Å². The van der Waals surface area contributed by atoms with E-state index in [0.717, 1.165) is 0 Å². The second-order valence-electron chi connectivity index (χ2n) is 4.77. The number of nitriles is 1. The van der Waals surface area contributed by atoms with Gasteiger partial charge in [0.15, 0.2) is 0 Å². The highest BCUT2D eigenvalue weighted by Crippen LogP contribution is 2.25. The molecule has 0 saturated heterocycles. The van der Waals surface area contributed by atoms with Crippen LogP contribution in [0.2, 0.25) is 0 Å². The molecule has 0 N–H and O–H groups in total. The third-order valence-corrected chi connectivity index (χ3v) is 5.31. The quantitative estimate of drug-likeness (QED) is 0.867. The minimum atomic E-state index is -3.80. The fraction of sp³-hybridized carbons (Fsp3) is 0.200. The first-order valence-corrected chi connectivity index (χ1v) is 7.89. The minimum Gasteiger partial charge on any atom is -0.262 e. The molecule has 5 nitrogen and oxygen atoms in total. The monoisotopic (exact) mass is 319 g/mol. The molecule has 0 bridgehead atoms. The Morgan fingerprint density at radius 2 is 1.91 bits per heavy atom. The summed E-state index contributed by atoms with van der Waals surface area (Å²) in [6.45, 7) is 1.70. The maximum atomic E-state index is 13.0. The SMILES string of the molecule is C[C@H](c1ccc(F)cc1)N(C)S(=O)(=O)c1cncc(C#N)c1. The van der Waals surface area contributed by atoms with Gasteiger partial charge in [-0.1, -0.05) is 12.1 Å². The maximum absolute atomic E-state index is 13.0. The number of benzene rings is 1. The van der Waals surface area contributed by atoms with Gasteiger partial charge in [-0.3, -0.25) is 4.98 Å². The van der Waals surface area contributed by atoms with E-state index in [4.69, 9.17) is 5.26 Å². The van der Waals surface area contributed by atoms with E-state index in [9.17, 15) is 12.8 Å². The lowest BCUT2D eigenvalue weighted by Crippen LogP contribution is -2.30. The lowest BCUT2D eigenvalue weighted by Gasteiger charge is -2.24. The predicted octanol–water partition coefficient (Wildman–Crippen LogP) is 2.47. The van der Waals surface area contributed by atoms with Crippen LogP contribution in [0.1, 0.15) is 24.1 Å². The van der Waals surface area contributed by atoms with Gasteiger partial charge in [0.05, 0.1) is 5.56 Å². The van der Waals surface area contributed by atoms with E-state index < -0.39 is 16.1 Å². The number of sulfonamides is 1. The number of halogens is 1. The van der Waals surface area contributed by atoms with Crippen molar-refractivity contribution in [3.05, 3.63) is 59.7 Å². The van der Waals surface area contributed by atoms with Crippen LogP contribution in [0, 0.1) is 17.1 Å². The summed E-state index contributed by atoms with van der Waals surface area (Å²) in [5, 5.41) is 8.85. The van der Waals surface area contributed by atoms with Gasteiger partial charge in [0.2, 0.25) is 10.0 Å². The van der Waals surface area contributed by atoms with Crippen molar-refractivity contribution in [3.8, 4) is 6.07 Å². The Balaban J connectivity index is 2.36. The normalized spacial score (nSPS) is 12.9. The molecule has 0 aliphatic rings. The summed E-state index contributed by atoms with van der Waals surface area (Å²) in [5.74, 6) is -0.382. The van der Waals surface area contributed by atoms with Crippen LogP contribution < -0.4 is 0 Å². The standard InChI is InChI=1S/C15H14FN3O2S/c1-11(13-3-5-14(16)6-4-13)19(2)22(20,21)15-7-12(8-17)9-18-10-15/h3-7,9-11H,1-2H3/t11-/m1/s1. The Labute approximate surface area is 128 Å². The van der Waals surface area contributed by atoms with Crippen LogP contribution in [0.4, 0.5) is 4.39 Å². The molecule has 1 atom stereocenters. The summed E-state index contributed by atoms with van der Waals surface area (Å²) in [7, 11) is -2.37. The Bertz CT molecular complexity index is 813. The molecule has 114 valence electrons. The van der Waals surface area contributed by atoms with Crippen LogP contribution in [-0.4, -0.2) is 24.8 Å². The Morgan fingerprint density at radius 3 is 2.50 bits per heavy atom. The summed E-state index contributed by atoms with van der Waals surface area (Å²) >= 11 is 0. The van der Waals surface area contributed by atoms with Gasteiger partial charge in [0.25, 0.3) is 0 Å². The smallest absolute Gasteiger partial charge is 0.244 e. The van der Waals surface area contributed by atoms with Crippen molar-refractivity contribution in [3.63, 3.8) is 0 Å². The van der Waals surface area contributed by atoms with Gasteiger partial charge in [-0.15, -0.1) is 0 Å². The zero-order chi connectivity index (χ0) is 16.3. The number of hydrogen-bond acceptors (Lipinski definition) is 4. The molecule has 1 aromatic carbocycles. The molecular formula is C15H14FN3O2S. The molecule has 1 aromatic heterocycles. The topological polar surface area (TPSA) is 74.1 Å². The molecule has 0 amide bonds. The van der Waals surface area contributed by atoms with Crippen LogP contribution in [-0.2, 0) is 10.0 Å². The Hall–Kier alpha value is -2.30. The molecule has 0 fully saturated rings. The zero-order valence-corrected chi connectivity index (χ0v) is 12.9. The fourth-order valence-corrected chi connectivity index (χ4v) is 3.29. The average Bonchev–Trinajstić information content (AvgIpc) is 2.54. The summed E-state index contributed by atoms with van der Waals surface area (Å²) in [6.07, 6.45) is 2.49. The highest BCUT2D eigenvalue weighted by molar-refractivity contribution is 7.89. The van der Waals surface area contributed by atoms with Gasteiger partial charge in [-0.2, -0.15) is 9.57 Å². The molecule has 2 rings (SSSR count). The molecular weight excluding hydrogens is 305 g/mol. The molecule has 2 aromatic rings. The van der Waals surface area contributed by atoms with Crippen LogP contribution >= 0.6 is 0 Å². The number of rotatable bonds is 4. The molecule has 1 heterocycles. The molecule has 0 saturated carbocycles. The largest absolute Gasteiger partial charge is 0.262 e. The summed E-state index contributed by atoms with van der Waals surface area (Å²) < 4.78 is 39.3. The van der Waals surface area contributed by atoms with Crippen LogP contribution in [0.3, 0.4) is 0 Å². The van der Waals surface area contributed by atoms with Crippen molar-refractivity contribution >= 4 is 10.0 Å². The zero-order valence-electron chi connectivity index (χ0n) is 12.1. The Morgan fingerprint density at radius 1 is 1.27 bits per heavy atom. The van der Waals surface area contributed by atoms with Gasteiger partial charge in [0.1, 0.15) is 16.8 Å². The van der Waals surface area contributed by atoms with E-state index in [1.54, 1.807) is 6.92 Å². The third-order valence-electron chi connectivity index (χ3n) is 3.42. The maximum Gasteiger partial charge on any atom is 0.244 e. The molecule has 0 radical (unpaired) electrons. The lowest BCUT2D eigenvalue weighted by atomic mass is 10.1. The Kier molecular flexibility index (Phi) is 4.54. The number of aromatic nitrogens is 1. The van der Waals surface area contributed by atoms with E-state index >= 15 is 0 Å². The van der Waals surface area contributed by atoms with Crippen LogP contribution in [0.25, 0.3) is 0 Å². The second kappa shape index (κ2) is 6.22. The second-order valence-corrected chi connectivity index (χ2v) is 6.77. The van der Waals surface area contributed by atoms with Crippen molar-refractivity contribution < 1.29 is 12.8 Å². The van der Waals surface area contributed by atoms with Crippen molar-refractivity contribution in [2.75, 3.05) is 7.05 Å². The van der Waals surface area contributed by atoms with Gasteiger partial charge in [-0.25, -0.2) is 12.8 Å². The number of pyridine rings is 1. The number of hydrogen-bond donors (Lipinski definition) is 0. The molecule has 7 heteroatoms. The van der Waals surface area contributed by atoms with E-state index in [0.29, 0.717) is 5.56 Å². The van der Waals surface area contributed by atoms with Crippen molar-refractivity contribution in [2.45, 2.75) is 17.9 Å². The average molecular weight is 319 g/mol. The summed E-state index contributed by atoms with van der Waals surface area (Å²) in [6, 6.07) is 8.28. The van der Waals surface area contributed by atoms with E-state index in [-0.39, 0.29) is 16.3 Å². The first-order valence-electron chi connectivity index (χ1n) is 6.45. The predicted molar refractivity (Wildman–Crippen MR) is 78.7 cm³/mol. The van der Waals surface area contributed by atoms with Gasteiger partial charge >= 0.3 is 0 Å². The highest BCUT2D eigenvalue weighted by atomic mass is 32.2. The van der Waals surface area contributed by atoms with Crippen molar-refractivity contribution in [1.82, 2.24) is 9.29 Å². The van der Waals surface area contributed by atoms with E-state index in [1.807, 2.05) is 6.07 Å². The minimum absolute atomic E-state index is 0.0528. The first-order chi connectivity index (χ1) is 10.4. The number of nitrogens with zero attached hydrogens (tertiary/aromatic N) is 3. The van der Waals surface area contributed by atoms with Gasteiger partial charge in [0, 0.05) is 25.5 Å². The van der Waals surface area contributed by atoms with Crippen LogP contribution in [0.5, 0.6) is 0 Å². The van der Waals surface area contributed by atoms with Gasteiger partial charge < -0.3 is 0 Å². The van der Waals surface area contributed by atoms with Crippen LogP contribution in [0.15, 0.2) is 47.6 Å². The van der Waals surface area contributed by atoms with E-state index in [2.05, 4.69) is 4.98 Å². The molecule has 0 aliphatic carbocycles. The molecule has 0 spiro atoms. The summed E-state index contributed by atoms with van der Waals surface area (Å²) in [5.41, 5.74) is 0.834. The summed E-state index contributed by atoms with van der Waals surface area (Å²) in [4.78, 5) is 3.72. The fourth-order valence-electron chi connectivity index (χ4n) is 1.95. The van der Waals surface area contributed by atoms with E-state index in [1.165, 1.54) is 54.1 Å². The van der Waals surface area contributed by atoms with Crippen molar-refractivity contribution in [2.24, 2.45) is 0 Å². The third kappa shape index (κ3) is 3.13. The lowest BCUT2D eigenvalue weighted by molar-refractivity contribution is 0.398. The van der Waals surface area contributed by atoms with Crippen molar-refractivity contribution in [1.29, 1.82) is 5.26 Å². The molecule has 0 aliphatic heterocycles. The first kappa shape index (κ1) is 16.1. The molecule has 0 unspecified atom stereocenters. The highest BCUT2D eigenvalue weighted by Gasteiger charge is 2.26. The molecule has 22 heavy (non-hydrogen) atoms.